The third kappa shape index (κ3) is 3.68. The van der Waals surface area contributed by atoms with Gasteiger partial charge in [-0.1, -0.05) is 0 Å². The van der Waals surface area contributed by atoms with Gasteiger partial charge in [0.2, 0.25) is 5.88 Å². The van der Waals surface area contributed by atoms with E-state index in [1.165, 1.54) is 0 Å². The molecule has 0 aliphatic carbocycles. The number of amides is 1. The van der Waals surface area contributed by atoms with E-state index in [9.17, 15) is 4.79 Å². The number of nitrogens with zero attached hydrogens (tertiary/aromatic N) is 1. The molecule has 0 saturated heterocycles. The van der Waals surface area contributed by atoms with Gasteiger partial charge < -0.3 is 19.5 Å². The minimum absolute atomic E-state index is 0.123. The zero-order valence-electron chi connectivity index (χ0n) is 14.7. The first-order chi connectivity index (χ1) is 12.1. The van der Waals surface area contributed by atoms with E-state index in [0.29, 0.717) is 36.1 Å². The fourth-order valence-corrected chi connectivity index (χ4v) is 2.82. The van der Waals surface area contributed by atoms with Crippen molar-refractivity contribution in [1.82, 2.24) is 4.98 Å². The third-order valence-electron chi connectivity index (χ3n) is 3.84. The second-order valence-corrected chi connectivity index (χ2v) is 5.76. The van der Waals surface area contributed by atoms with Gasteiger partial charge in [0.1, 0.15) is 23.2 Å². The molecule has 1 aromatic heterocycles. The number of carbonyl (C=O) groups excluding carboxylic acids is 1. The Bertz CT molecular complexity index is 776. The van der Waals surface area contributed by atoms with Crippen molar-refractivity contribution < 1.29 is 19.0 Å². The fourth-order valence-electron chi connectivity index (χ4n) is 2.82. The van der Waals surface area contributed by atoms with Crippen molar-refractivity contribution in [3.05, 3.63) is 41.6 Å². The maximum atomic E-state index is 12.7. The number of aromatic nitrogens is 1. The van der Waals surface area contributed by atoms with Gasteiger partial charge in [-0.25, -0.2) is 4.98 Å². The average molecular weight is 342 g/mol. The van der Waals surface area contributed by atoms with E-state index in [1.54, 1.807) is 18.3 Å². The summed E-state index contributed by atoms with van der Waals surface area (Å²) in [6, 6.07) is 7.14. The number of hydrogen-bond donors (Lipinski definition) is 1. The van der Waals surface area contributed by atoms with Crippen LogP contribution in [0.25, 0.3) is 0 Å². The van der Waals surface area contributed by atoms with Crippen LogP contribution in [0.2, 0.25) is 0 Å². The molecule has 0 bridgehead atoms. The summed E-state index contributed by atoms with van der Waals surface area (Å²) in [5.74, 6) is 1.42. The molecule has 0 saturated carbocycles. The maximum absolute atomic E-state index is 12.7. The number of anilines is 1. The highest BCUT2D eigenvalue weighted by atomic mass is 16.5. The Morgan fingerprint density at radius 3 is 2.88 bits per heavy atom. The molecule has 6 nitrogen and oxygen atoms in total. The topological polar surface area (TPSA) is 69.7 Å². The monoisotopic (exact) mass is 342 g/mol. The number of carbonyl (C=O) groups is 1. The van der Waals surface area contributed by atoms with Crippen LogP contribution in [-0.2, 0) is 6.42 Å². The Labute approximate surface area is 147 Å². The minimum Gasteiger partial charge on any atom is -0.492 e. The van der Waals surface area contributed by atoms with Gasteiger partial charge in [0, 0.05) is 24.2 Å². The molecule has 1 atom stereocenters. The number of ether oxygens (including phenoxy) is 3. The van der Waals surface area contributed by atoms with Crippen LogP contribution >= 0.6 is 0 Å². The Balaban J connectivity index is 1.90. The smallest absolute Gasteiger partial charge is 0.261 e. The molecule has 1 aliphatic heterocycles. The lowest BCUT2D eigenvalue weighted by Gasteiger charge is -2.14. The predicted octanol–water partition coefficient (Wildman–Crippen LogP) is 3.45. The van der Waals surface area contributed by atoms with Crippen LogP contribution in [0.4, 0.5) is 5.69 Å². The highest BCUT2D eigenvalue weighted by Gasteiger charge is 2.23. The van der Waals surface area contributed by atoms with E-state index < -0.39 is 0 Å². The summed E-state index contributed by atoms with van der Waals surface area (Å²) in [4.78, 5) is 16.8. The van der Waals surface area contributed by atoms with Gasteiger partial charge in [-0.05, 0) is 39.0 Å². The Kier molecular flexibility index (Phi) is 5.07. The molecular weight excluding hydrogens is 320 g/mol. The van der Waals surface area contributed by atoms with Crippen molar-refractivity contribution in [1.29, 1.82) is 0 Å². The molecule has 1 aliphatic rings. The molecule has 2 aromatic rings. The van der Waals surface area contributed by atoms with Gasteiger partial charge in [-0.2, -0.15) is 0 Å². The number of rotatable bonds is 6. The van der Waals surface area contributed by atoms with Gasteiger partial charge >= 0.3 is 0 Å². The molecule has 1 N–H and O–H groups in total. The van der Waals surface area contributed by atoms with Gasteiger partial charge in [-0.3, -0.25) is 4.79 Å². The fraction of sp³-hybridized carbons (Fsp3) is 0.368. The molecule has 0 spiro atoms. The van der Waals surface area contributed by atoms with Gasteiger partial charge in [0.15, 0.2) is 0 Å². The van der Waals surface area contributed by atoms with E-state index in [1.807, 2.05) is 32.9 Å². The van der Waals surface area contributed by atoms with Crippen molar-refractivity contribution in [2.24, 2.45) is 0 Å². The van der Waals surface area contributed by atoms with Crippen molar-refractivity contribution in [3.8, 4) is 17.4 Å². The second-order valence-electron chi connectivity index (χ2n) is 5.76. The van der Waals surface area contributed by atoms with E-state index in [0.717, 1.165) is 17.7 Å². The molecule has 132 valence electrons. The van der Waals surface area contributed by atoms with Crippen LogP contribution < -0.4 is 19.5 Å². The summed E-state index contributed by atoms with van der Waals surface area (Å²) in [7, 11) is 0. The summed E-state index contributed by atoms with van der Waals surface area (Å²) >= 11 is 0. The largest absolute Gasteiger partial charge is 0.492 e. The maximum Gasteiger partial charge on any atom is 0.261 e. The molecule has 1 amide bonds. The van der Waals surface area contributed by atoms with E-state index in [-0.39, 0.29) is 12.0 Å². The molecule has 2 heterocycles. The molecule has 1 unspecified atom stereocenters. The highest BCUT2D eigenvalue weighted by Crippen LogP contribution is 2.38. The molecule has 0 fully saturated rings. The lowest BCUT2D eigenvalue weighted by Crippen LogP contribution is -2.15. The van der Waals surface area contributed by atoms with Crippen LogP contribution in [0.3, 0.4) is 0 Å². The first kappa shape index (κ1) is 17.1. The van der Waals surface area contributed by atoms with E-state index in [2.05, 4.69) is 10.3 Å². The summed E-state index contributed by atoms with van der Waals surface area (Å²) in [5.41, 5.74) is 2.04. The summed E-state index contributed by atoms with van der Waals surface area (Å²) in [6.07, 6.45) is 2.55. The zero-order valence-corrected chi connectivity index (χ0v) is 14.7. The second kappa shape index (κ2) is 7.42. The molecule has 6 heteroatoms. The molecule has 3 rings (SSSR count). The summed E-state index contributed by atoms with van der Waals surface area (Å²) in [6.45, 7) is 6.72. The Hall–Kier alpha value is -2.76. The van der Waals surface area contributed by atoms with Crippen LogP contribution in [-0.4, -0.2) is 30.2 Å². The van der Waals surface area contributed by atoms with Crippen molar-refractivity contribution in [2.75, 3.05) is 18.5 Å². The first-order valence-corrected chi connectivity index (χ1v) is 8.47. The molecule has 25 heavy (non-hydrogen) atoms. The normalized spacial score (nSPS) is 15.2. The standard InChI is InChI=1S/C19H22N2O4/c1-4-23-17-10-13-9-12(3)25-16(13)11-15(17)21-18(22)14-7-6-8-20-19(14)24-5-2/h6-8,10-12H,4-5,9H2,1-3H3,(H,21,22). The lowest BCUT2D eigenvalue weighted by atomic mass is 10.1. The van der Waals surface area contributed by atoms with E-state index in [4.69, 9.17) is 14.2 Å². The number of fused-ring (bicyclic) bond motifs is 1. The quantitative estimate of drug-likeness (QED) is 0.871. The van der Waals surface area contributed by atoms with E-state index >= 15 is 0 Å². The zero-order chi connectivity index (χ0) is 17.8. The molecule has 0 radical (unpaired) electrons. The third-order valence-corrected chi connectivity index (χ3v) is 3.84. The van der Waals surface area contributed by atoms with Crippen LogP contribution in [0.5, 0.6) is 17.4 Å². The van der Waals surface area contributed by atoms with Gasteiger partial charge in [0.25, 0.3) is 5.91 Å². The summed E-state index contributed by atoms with van der Waals surface area (Å²) in [5, 5.41) is 2.89. The molecular formula is C19H22N2O4. The van der Waals surface area contributed by atoms with Crippen molar-refractivity contribution in [2.45, 2.75) is 33.3 Å². The summed E-state index contributed by atoms with van der Waals surface area (Å²) < 4.78 is 16.9. The number of nitrogens with one attached hydrogen (secondary N) is 1. The van der Waals surface area contributed by atoms with Crippen LogP contribution in [0.1, 0.15) is 36.7 Å². The van der Waals surface area contributed by atoms with Crippen molar-refractivity contribution >= 4 is 11.6 Å². The minimum atomic E-state index is -0.302. The SMILES string of the molecule is CCOc1cc2c(cc1NC(=O)c1cccnc1OCC)OC(C)C2. The van der Waals surface area contributed by atoms with Crippen LogP contribution in [0, 0.1) is 0 Å². The Morgan fingerprint density at radius 2 is 2.12 bits per heavy atom. The number of pyridine rings is 1. The molecule has 1 aromatic carbocycles. The average Bonchev–Trinajstić information content (AvgIpc) is 2.95. The highest BCUT2D eigenvalue weighted by molar-refractivity contribution is 6.06. The van der Waals surface area contributed by atoms with Crippen molar-refractivity contribution in [3.63, 3.8) is 0 Å². The predicted molar refractivity (Wildman–Crippen MR) is 94.8 cm³/mol. The first-order valence-electron chi connectivity index (χ1n) is 8.47. The van der Waals surface area contributed by atoms with Gasteiger partial charge in [0.05, 0.1) is 18.9 Å². The van der Waals surface area contributed by atoms with Crippen LogP contribution in [0.15, 0.2) is 30.5 Å². The number of benzene rings is 1. The number of hydrogen-bond acceptors (Lipinski definition) is 5. The lowest BCUT2D eigenvalue weighted by molar-refractivity contribution is 0.102. The Morgan fingerprint density at radius 1 is 1.32 bits per heavy atom. The van der Waals surface area contributed by atoms with Gasteiger partial charge in [-0.15, -0.1) is 0 Å².